The number of aryl methyl sites for hydroxylation is 1. The third-order valence-corrected chi connectivity index (χ3v) is 5.23. The maximum Gasteiger partial charge on any atom is 0.284 e. The molecule has 0 aliphatic rings. The number of aromatic nitrogens is 3. The predicted octanol–water partition coefficient (Wildman–Crippen LogP) is 3.54. The second-order valence-corrected chi connectivity index (χ2v) is 7.43. The molecule has 0 fully saturated rings. The summed E-state index contributed by atoms with van der Waals surface area (Å²) in [7, 11) is -2.34. The normalized spacial score (nSPS) is 11.4. The zero-order chi connectivity index (χ0) is 18.9. The van der Waals surface area contributed by atoms with E-state index >= 15 is 0 Å². The molecule has 136 valence electrons. The molecule has 0 atom stereocenters. The van der Waals surface area contributed by atoms with Crippen LogP contribution < -0.4 is 4.72 Å². The third kappa shape index (κ3) is 3.34. The molecule has 4 rings (SSSR count). The second kappa shape index (κ2) is 6.73. The summed E-state index contributed by atoms with van der Waals surface area (Å²) < 4.78 is 35.8. The number of hydrogen-bond donors (Lipinski definition) is 1. The number of hydrogen-bond acceptors (Lipinski definition) is 5. The molecule has 2 aromatic carbocycles. The fourth-order valence-electron chi connectivity index (χ4n) is 2.62. The lowest BCUT2D eigenvalue weighted by Crippen LogP contribution is -2.16. The molecule has 0 aliphatic heterocycles. The van der Waals surface area contributed by atoms with E-state index in [4.69, 9.17) is 4.42 Å². The predicted molar refractivity (Wildman–Crippen MR) is 101 cm³/mol. The topological polar surface area (TPSA) is 90.0 Å². The molecule has 0 radical (unpaired) electrons. The fraction of sp³-hybridized carbons (Fsp3) is 0.0526. The Morgan fingerprint density at radius 3 is 2.15 bits per heavy atom. The Bertz CT molecular complexity index is 1170. The van der Waals surface area contributed by atoms with Crippen molar-refractivity contribution in [3.63, 3.8) is 0 Å². The van der Waals surface area contributed by atoms with Crippen molar-refractivity contribution in [2.45, 2.75) is 5.03 Å². The summed E-state index contributed by atoms with van der Waals surface area (Å²) in [6, 6.07) is 19.8. The van der Waals surface area contributed by atoms with Crippen molar-refractivity contribution in [1.29, 1.82) is 0 Å². The van der Waals surface area contributed by atoms with Crippen LogP contribution in [0.3, 0.4) is 0 Å². The minimum Gasteiger partial charge on any atom is -0.435 e. The molecule has 8 heteroatoms. The highest BCUT2D eigenvalue weighted by atomic mass is 32.2. The van der Waals surface area contributed by atoms with Gasteiger partial charge in [0.2, 0.25) is 10.9 Å². The maximum absolute atomic E-state index is 13.0. The van der Waals surface area contributed by atoms with Gasteiger partial charge in [0, 0.05) is 24.2 Å². The second-order valence-electron chi connectivity index (χ2n) is 5.83. The Balaban J connectivity index is 1.85. The summed E-state index contributed by atoms with van der Waals surface area (Å²) >= 11 is 0. The molecule has 2 heterocycles. The van der Waals surface area contributed by atoms with Gasteiger partial charge in [-0.25, -0.2) is 0 Å². The first-order valence-corrected chi connectivity index (χ1v) is 9.65. The standard InChI is InChI=1S/C19H16N4O3S/c1-23-16(12-13-20-23)22-27(24,25)19-17(14-8-4-2-5-9-14)26-18(21-19)15-10-6-3-7-11-15/h2-13,22H,1H3. The van der Waals surface area contributed by atoms with Gasteiger partial charge in [0.25, 0.3) is 10.0 Å². The monoisotopic (exact) mass is 380 g/mol. The van der Waals surface area contributed by atoms with E-state index in [9.17, 15) is 8.42 Å². The van der Waals surface area contributed by atoms with Crippen molar-refractivity contribution in [1.82, 2.24) is 14.8 Å². The van der Waals surface area contributed by atoms with E-state index in [2.05, 4.69) is 14.8 Å². The summed E-state index contributed by atoms with van der Waals surface area (Å²) in [5.74, 6) is 0.752. The van der Waals surface area contributed by atoms with E-state index in [0.717, 1.165) is 0 Å². The van der Waals surface area contributed by atoms with Crippen molar-refractivity contribution in [3.05, 3.63) is 72.9 Å². The number of anilines is 1. The van der Waals surface area contributed by atoms with Crippen LogP contribution in [0.15, 0.2) is 82.4 Å². The number of benzene rings is 2. The minimum absolute atomic E-state index is 0.172. The Hall–Kier alpha value is -3.39. The van der Waals surface area contributed by atoms with Crippen molar-refractivity contribution in [3.8, 4) is 22.8 Å². The van der Waals surface area contributed by atoms with Crippen LogP contribution in [0.2, 0.25) is 0 Å². The van der Waals surface area contributed by atoms with Crippen LogP contribution in [-0.4, -0.2) is 23.2 Å². The van der Waals surface area contributed by atoms with E-state index in [0.29, 0.717) is 16.9 Å². The molecule has 0 unspecified atom stereocenters. The van der Waals surface area contributed by atoms with E-state index in [1.54, 1.807) is 25.2 Å². The number of oxazole rings is 1. The van der Waals surface area contributed by atoms with Gasteiger partial charge in [-0.3, -0.25) is 9.40 Å². The van der Waals surface area contributed by atoms with Crippen molar-refractivity contribution in [2.75, 3.05) is 4.72 Å². The highest BCUT2D eigenvalue weighted by Gasteiger charge is 2.28. The molecule has 4 aromatic rings. The SMILES string of the molecule is Cn1nccc1NS(=O)(=O)c1nc(-c2ccccc2)oc1-c1ccccc1. The Morgan fingerprint density at radius 2 is 1.56 bits per heavy atom. The summed E-state index contributed by atoms with van der Waals surface area (Å²) in [6.07, 6.45) is 1.51. The van der Waals surface area contributed by atoms with Crippen LogP contribution in [0.1, 0.15) is 0 Å². The quantitative estimate of drug-likeness (QED) is 0.572. The minimum atomic E-state index is -3.99. The smallest absolute Gasteiger partial charge is 0.284 e. The Labute approximate surface area is 156 Å². The van der Waals surface area contributed by atoms with Gasteiger partial charge in [-0.05, 0) is 12.1 Å². The average Bonchev–Trinajstić information content (AvgIpc) is 3.30. The first kappa shape index (κ1) is 17.0. The Morgan fingerprint density at radius 1 is 0.926 bits per heavy atom. The molecule has 2 aromatic heterocycles. The molecule has 0 saturated heterocycles. The Kier molecular flexibility index (Phi) is 4.25. The van der Waals surface area contributed by atoms with Crippen molar-refractivity contribution in [2.24, 2.45) is 7.05 Å². The largest absolute Gasteiger partial charge is 0.435 e. The van der Waals surface area contributed by atoms with Gasteiger partial charge >= 0.3 is 0 Å². The highest BCUT2D eigenvalue weighted by molar-refractivity contribution is 7.92. The molecule has 0 bridgehead atoms. The zero-order valence-electron chi connectivity index (χ0n) is 14.4. The first-order valence-electron chi connectivity index (χ1n) is 8.17. The molecular weight excluding hydrogens is 364 g/mol. The number of sulfonamides is 1. The van der Waals surface area contributed by atoms with Gasteiger partial charge in [0.1, 0.15) is 5.82 Å². The van der Waals surface area contributed by atoms with Crippen LogP contribution in [0, 0.1) is 0 Å². The molecule has 0 spiro atoms. The van der Waals surface area contributed by atoms with Gasteiger partial charge in [0.05, 0.1) is 6.20 Å². The van der Waals surface area contributed by atoms with Crippen LogP contribution in [-0.2, 0) is 17.1 Å². The number of nitrogens with zero attached hydrogens (tertiary/aromatic N) is 3. The van der Waals surface area contributed by atoms with E-state index in [1.807, 2.05) is 48.5 Å². The average molecular weight is 380 g/mol. The van der Waals surface area contributed by atoms with Gasteiger partial charge < -0.3 is 4.42 Å². The van der Waals surface area contributed by atoms with Crippen LogP contribution in [0.5, 0.6) is 0 Å². The summed E-state index contributed by atoms with van der Waals surface area (Å²) in [4.78, 5) is 4.29. The summed E-state index contributed by atoms with van der Waals surface area (Å²) in [5, 5.41) is 3.80. The summed E-state index contributed by atoms with van der Waals surface area (Å²) in [5.41, 5.74) is 1.31. The zero-order valence-corrected chi connectivity index (χ0v) is 15.2. The van der Waals surface area contributed by atoms with E-state index < -0.39 is 10.0 Å². The van der Waals surface area contributed by atoms with Gasteiger partial charge in [-0.1, -0.05) is 48.5 Å². The fourth-order valence-corrected chi connectivity index (χ4v) is 3.80. The van der Waals surface area contributed by atoms with E-state index in [1.165, 1.54) is 10.9 Å². The van der Waals surface area contributed by atoms with Gasteiger partial charge in [0.15, 0.2) is 5.76 Å². The maximum atomic E-state index is 13.0. The van der Waals surface area contributed by atoms with Crippen molar-refractivity contribution < 1.29 is 12.8 Å². The highest BCUT2D eigenvalue weighted by Crippen LogP contribution is 2.33. The lowest BCUT2D eigenvalue weighted by Gasteiger charge is -2.07. The van der Waals surface area contributed by atoms with Crippen LogP contribution in [0.25, 0.3) is 22.8 Å². The van der Waals surface area contributed by atoms with Crippen LogP contribution >= 0.6 is 0 Å². The van der Waals surface area contributed by atoms with Crippen molar-refractivity contribution >= 4 is 15.8 Å². The lowest BCUT2D eigenvalue weighted by atomic mass is 10.2. The van der Waals surface area contributed by atoms with Gasteiger partial charge in [-0.2, -0.15) is 18.5 Å². The van der Waals surface area contributed by atoms with Crippen LogP contribution in [0.4, 0.5) is 5.82 Å². The molecule has 7 nitrogen and oxygen atoms in total. The molecule has 0 saturated carbocycles. The summed E-state index contributed by atoms with van der Waals surface area (Å²) in [6.45, 7) is 0. The van der Waals surface area contributed by atoms with E-state index in [-0.39, 0.29) is 16.7 Å². The molecule has 0 aliphatic carbocycles. The number of rotatable bonds is 5. The first-order chi connectivity index (χ1) is 13.0. The molecule has 27 heavy (non-hydrogen) atoms. The molecule has 1 N–H and O–H groups in total. The number of nitrogens with one attached hydrogen (secondary N) is 1. The van der Waals surface area contributed by atoms with Gasteiger partial charge in [-0.15, -0.1) is 0 Å². The molecular formula is C19H16N4O3S. The third-order valence-electron chi connectivity index (χ3n) is 3.97. The lowest BCUT2D eigenvalue weighted by molar-refractivity contribution is 0.581. The molecule has 0 amide bonds.